The number of rotatable bonds is 3. The van der Waals surface area contributed by atoms with Gasteiger partial charge in [0.25, 0.3) is 0 Å². The third kappa shape index (κ3) is 2.37. The SMILES string of the molecule is Cn1ccnc1C1NC(=O)CN1Cc1ccccc1. The molecule has 0 radical (unpaired) electrons. The monoisotopic (exact) mass is 256 g/mol. The van der Waals surface area contributed by atoms with Crippen molar-refractivity contribution in [3.8, 4) is 0 Å². The number of imidazole rings is 1. The van der Waals surface area contributed by atoms with Gasteiger partial charge in [-0.05, 0) is 5.56 Å². The van der Waals surface area contributed by atoms with E-state index >= 15 is 0 Å². The Hall–Kier alpha value is -2.14. The maximum absolute atomic E-state index is 11.7. The highest BCUT2D eigenvalue weighted by Crippen LogP contribution is 2.22. The van der Waals surface area contributed by atoms with E-state index in [2.05, 4.69) is 27.3 Å². The number of amides is 1. The summed E-state index contributed by atoms with van der Waals surface area (Å²) < 4.78 is 1.94. The third-order valence-corrected chi connectivity index (χ3v) is 3.34. The van der Waals surface area contributed by atoms with Crippen LogP contribution in [0.1, 0.15) is 17.6 Å². The zero-order chi connectivity index (χ0) is 13.2. The first kappa shape index (κ1) is 11.9. The van der Waals surface area contributed by atoms with Gasteiger partial charge in [0.1, 0.15) is 12.0 Å². The maximum Gasteiger partial charge on any atom is 0.235 e. The third-order valence-electron chi connectivity index (χ3n) is 3.34. The summed E-state index contributed by atoms with van der Waals surface area (Å²) in [5, 5.41) is 2.97. The molecule has 1 saturated heterocycles. The van der Waals surface area contributed by atoms with Gasteiger partial charge in [0.15, 0.2) is 0 Å². The van der Waals surface area contributed by atoms with E-state index in [1.807, 2.05) is 36.0 Å². The molecular formula is C14H16N4O. The topological polar surface area (TPSA) is 50.2 Å². The molecule has 1 amide bonds. The summed E-state index contributed by atoms with van der Waals surface area (Å²) in [5.74, 6) is 0.908. The van der Waals surface area contributed by atoms with Gasteiger partial charge < -0.3 is 9.88 Å². The summed E-state index contributed by atoms with van der Waals surface area (Å²) in [5.41, 5.74) is 1.19. The van der Waals surface area contributed by atoms with E-state index in [0.29, 0.717) is 6.54 Å². The zero-order valence-electron chi connectivity index (χ0n) is 10.8. The first-order chi connectivity index (χ1) is 9.24. The summed E-state index contributed by atoms with van der Waals surface area (Å²) >= 11 is 0. The van der Waals surface area contributed by atoms with Crippen LogP contribution in [0.25, 0.3) is 0 Å². The Morgan fingerprint density at radius 2 is 2.16 bits per heavy atom. The molecule has 1 aliphatic heterocycles. The second-order valence-corrected chi connectivity index (χ2v) is 4.76. The molecule has 1 fully saturated rings. The van der Waals surface area contributed by atoms with Crippen LogP contribution in [-0.2, 0) is 18.4 Å². The van der Waals surface area contributed by atoms with Gasteiger partial charge in [-0.1, -0.05) is 30.3 Å². The van der Waals surface area contributed by atoms with Crippen LogP contribution in [0.5, 0.6) is 0 Å². The Bertz CT molecular complexity index is 578. The second kappa shape index (κ2) is 4.85. The molecule has 5 heteroatoms. The Morgan fingerprint density at radius 3 is 2.84 bits per heavy atom. The molecule has 19 heavy (non-hydrogen) atoms. The Balaban J connectivity index is 1.83. The highest BCUT2D eigenvalue weighted by molar-refractivity contribution is 5.80. The lowest BCUT2D eigenvalue weighted by Crippen LogP contribution is -2.29. The van der Waals surface area contributed by atoms with Crippen LogP contribution in [0.3, 0.4) is 0 Å². The van der Waals surface area contributed by atoms with Gasteiger partial charge in [0.2, 0.25) is 5.91 Å². The van der Waals surface area contributed by atoms with Gasteiger partial charge in [-0.25, -0.2) is 4.98 Å². The second-order valence-electron chi connectivity index (χ2n) is 4.76. The molecule has 1 aliphatic rings. The number of carbonyl (C=O) groups is 1. The molecule has 3 rings (SSSR count). The molecule has 0 aliphatic carbocycles. The zero-order valence-corrected chi connectivity index (χ0v) is 10.8. The van der Waals surface area contributed by atoms with Crippen molar-refractivity contribution >= 4 is 5.91 Å². The van der Waals surface area contributed by atoms with Gasteiger partial charge in [-0.15, -0.1) is 0 Å². The fourth-order valence-electron chi connectivity index (χ4n) is 2.40. The number of nitrogens with one attached hydrogen (secondary N) is 1. The van der Waals surface area contributed by atoms with Gasteiger partial charge in [-0.3, -0.25) is 9.69 Å². The Labute approximate surface area is 111 Å². The van der Waals surface area contributed by atoms with Crippen molar-refractivity contribution in [3.63, 3.8) is 0 Å². The predicted octanol–water partition coefficient (Wildman–Crippen LogP) is 1.05. The van der Waals surface area contributed by atoms with E-state index in [9.17, 15) is 4.79 Å². The maximum atomic E-state index is 11.7. The minimum Gasteiger partial charge on any atom is -0.335 e. The van der Waals surface area contributed by atoms with Crippen molar-refractivity contribution in [2.75, 3.05) is 6.54 Å². The van der Waals surface area contributed by atoms with Crippen LogP contribution >= 0.6 is 0 Å². The average molecular weight is 256 g/mol. The van der Waals surface area contributed by atoms with Crippen molar-refractivity contribution in [1.29, 1.82) is 0 Å². The smallest absolute Gasteiger partial charge is 0.235 e. The summed E-state index contributed by atoms with van der Waals surface area (Å²) in [4.78, 5) is 18.1. The minimum absolute atomic E-state index is 0.0453. The Morgan fingerprint density at radius 1 is 1.37 bits per heavy atom. The average Bonchev–Trinajstić information content (AvgIpc) is 2.97. The molecule has 1 unspecified atom stereocenters. The molecule has 1 aromatic heterocycles. The molecule has 2 heterocycles. The van der Waals surface area contributed by atoms with Crippen molar-refractivity contribution in [3.05, 3.63) is 54.1 Å². The molecule has 2 aromatic rings. The van der Waals surface area contributed by atoms with Gasteiger partial charge in [0, 0.05) is 26.0 Å². The van der Waals surface area contributed by atoms with Gasteiger partial charge >= 0.3 is 0 Å². The van der Waals surface area contributed by atoms with E-state index in [-0.39, 0.29) is 12.1 Å². The Kier molecular flexibility index (Phi) is 3.05. The number of carbonyl (C=O) groups excluding carboxylic acids is 1. The van der Waals surface area contributed by atoms with Crippen LogP contribution < -0.4 is 5.32 Å². The van der Waals surface area contributed by atoms with Crippen LogP contribution in [0.2, 0.25) is 0 Å². The molecule has 1 N–H and O–H groups in total. The number of aromatic nitrogens is 2. The molecular weight excluding hydrogens is 240 g/mol. The summed E-state index contributed by atoms with van der Waals surface area (Å²) in [6.45, 7) is 1.14. The molecule has 0 spiro atoms. The predicted molar refractivity (Wildman–Crippen MR) is 70.9 cm³/mol. The van der Waals surface area contributed by atoms with Crippen LogP contribution in [0.4, 0.5) is 0 Å². The summed E-state index contributed by atoms with van der Waals surface area (Å²) in [6, 6.07) is 10.1. The van der Waals surface area contributed by atoms with E-state index < -0.39 is 0 Å². The number of hydrogen-bond acceptors (Lipinski definition) is 3. The fraction of sp³-hybridized carbons (Fsp3) is 0.286. The molecule has 5 nitrogen and oxygen atoms in total. The number of benzene rings is 1. The highest BCUT2D eigenvalue weighted by Gasteiger charge is 2.33. The number of aryl methyl sites for hydroxylation is 1. The lowest BCUT2D eigenvalue weighted by Gasteiger charge is -2.22. The van der Waals surface area contributed by atoms with E-state index in [1.165, 1.54) is 5.56 Å². The van der Waals surface area contributed by atoms with E-state index in [4.69, 9.17) is 0 Å². The van der Waals surface area contributed by atoms with Crippen LogP contribution in [0.15, 0.2) is 42.7 Å². The molecule has 0 bridgehead atoms. The van der Waals surface area contributed by atoms with Gasteiger partial charge in [0.05, 0.1) is 6.54 Å². The van der Waals surface area contributed by atoms with Gasteiger partial charge in [-0.2, -0.15) is 0 Å². The van der Waals surface area contributed by atoms with Crippen LogP contribution in [-0.4, -0.2) is 26.9 Å². The molecule has 1 atom stereocenters. The lowest BCUT2D eigenvalue weighted by molar-refractivity contribution is -0.118. The normalized spacial score (nSPS) is 19.6. The van der Waals surface area contributed by atoms with E-state index in [0.717, 1.165) is 12.4 Å². The quantitative estimate of drug-likeness (QED) is 0.893. The largest absolute Gasteiger partial charge is 0.335 e. The molecule has 1 aromatic carbocycles. The van der Waals surface area contributed by atoms with E-state index in [1.54, 1.807) is 6.20 Å². The lowest BCUT2D eigenvalue weighted by atomic mass is 10.2. The van der Waals surface area contributed by atoms with Crippen molar-refractivity contribution in [2.24, 2.45) is 7.05 Å². The molecule has 98 valence electrons. The first-order valence-electron chi connectivity index (χ1n) is 6.28. The number of hydrogen-bond donors (Lipinski definition) is 1. The first-order valence-corrected chi connectivity index (χ1v) is 6.28. The summed E-state index contributed by atoms with van der Waals surface area (Å²) in [6.07, 6.45) is 3.49. The highest BCUT2D eigenvalue weighted by atomic mass is 16.2. The standard InChI is InChI=1S/C14H16N4O/c1-17-8-7-15-13(17)14-16-12(19)10-18(14)9-11-5-3-2-4-6-11/h2-8,14H,9-10H2,1H3,(H,16,19). The van der Waals surface area contributed by atoms with Crippen molar-refractivity contribution in [1.82, 2.24) is 19.8 Å². The molecule has 0 saturated carbocycles. The van der Waals surface area contributed by atoms with Crippen LogP contribution in [0, 0.1) is 0 Å². The summed E-state index contributed by atoms with van der Waals surface area (Å²) in [7, 11) is 1.94. The minimum atomic E-state index is -0.146. The van der Waals surface area contributed by atoms with Crippen molar-refractivity contribution < 1.29 is 4.79 Å². The fourth-order valence-corrected chi connectivity index (χ4v) is 2.40. The van der Waals surface area contributed by atoms with Crippen molar-refractivity contribution in [2.45, 2.75) is 12.7 Å². The number of nitrogens with zero attached hydrogens (tertiary/aromatic N) is 3.